The van der Waals surface area contributed by atoms with Crippen molar-refractivity contribution in [3.8, 4) is 11.5 Å². The molecule has 3 rings (SSSR count). The zero-order valence-electron chi connectivity index (χ0n) is 12.8. The van der Waals surface area contributed by atoms with Crippen LogP contribution in [0.15, 0.2) is 39.5 Å². The second-order valence-corrected chi connectivity index (χ2v) is 4.81. The van der Waals surface area contributed by atoms with Crippen LogP contribution in [0.3, 0.4) is 0 Å². The molecular weight excluding hydrogens is 300 g/mol. The van der Waals surface area contributed by atoms with Gasteiger partial charge < -0.3 is 18.6 Å². The van der Waals surface area contributed by atoms with Gasteiger partial charge in [0, 0.05) is 10.8 Å². The van der Waals surface area contributed by atoms with Crippen LogP contribution >= 0.6 is 0 Å². The number of fused-ring (bicyclic) bond motifs is 3. The second-order valence-electron chi connectivity index (χ2n) is 4.81. The summed E-state index contributed by atoms with van der Waals surface area (Å²) in [5, 5.41) is 1.63. The number of benzene rings is 2. The van der Waals surface area contributed by atoms with E-state index in [2.05, 4.69) is 0 Å². The van der Waals surface area contributed by atoms with Crippen LogP contribution in [0.5, 0.6) is 11.5 Å². The van der Waals surface area contributed by atoms with Gasteiger partial charge in [0.2, 0.25) is 0 Å². The number of esters is 1. The fourth-order valence-corrected chi connectivity index (χ4v) is 2.55. The molecule has 0 aliphatic carbocycles. The van der Waals surface area contributed by atoms with E-state index in [-0.39, 0.29) is 16.9 Å². The number of ether oxygens (including phenoxy) is 3. The maximum atomic E-state index is 12.3. The van der Waals surface area contributed by atoms with Gasteiger partial charge >= 0.3 is 11.6 Å². The van der Waals surface area contributed by atoms with E-state index in [0.29, 0.717) is 21.9 Å². The fourth-order valence-electron chi connectivity index (χ4n) is 2.55. The molecule has 0 amide bonds. The maximum Gasteiger partial charge on any atom is 0.345 e. The third kappa shape index (κ3) is 2.28. The Hall–Kier alpha value is -3.02. The first kappa shape index (κ1) is 14.9. The van der Waals surface area contributed by atoms with Crippen LogP contribution in [0.25, 0.3) is 21.7 Å². The first-order valence-corrected chi connectivity index (χ1v) is 6.80. The SMILES string of the molecule is COC(=O)c1c(OC)ccc2c1oc(=O)c1ccc(OC)cc12. The fraction of sp³-hybridized carbons (Fsp3) is 0.176. The lowest BCUT2D eigenvalue weighted by molar-refractivity contribution is 0.0598. The molecule has 0 saturated carbocycles. The summed E-state index contributed by atoms with van der Waals surface area (Å²) >= 11 is 0. The van der Waals surface area contributed by atoms with Gasteiger partial charge in [0.25, 0.3) is 0 Å². The van der Waals surface area contributed by atoms with Crippen molar-refractivity contribution in [1.29, 1.82) is 0 Å². The highest BCUT2D eigenvalue weighted by molar-refractivity contribution is 6.12. The number of carbonyl (C=O) groups excluding carboxylic acids is 1. The lowest BCUT2D eigenvalue weighted by Gasteiger charge is -2.11. The quantitative estimate of drug-likeness (QED) is 0.420. The summed E-state index contributed by atoms with van der Waals surface area (Å²) in [7, 11) is 4.22. The second kappa shape index (κ2) is 5.64. The van der Waals surface area contributed by atoms with Gasteiger partial charge in [-0.1, -0.05) is 0 Å². The van der Waals surface area contributed by atoms with Gasteiger partial charge in [-0.15, -0.1) is 0 Å². The van der Waals surface area contributed by atoms with Crippen molar-refractivity contribution < 1.29 is 23.4 Å². The van der Waals surface area contributed by atoms with Crippen LogP contribution < -0.4 is 15.1 Å². The number of methoxy groups -OCH3 is 3. The van der Waals surface area contributed by atoms with E-state index in [9.17, 15) is 9.59 Å². The van der Waals surface area contributed by atoms with Crippen molar-refractivity contribution in [2.75, 3.05) is 21.3 Å². The number of hydrogen-bond acceptors (Lipinski definition) is 6. The van der Waals surface area contributed by atoms with Crippen molar-refractivity contribution in [3.05, 3.63) is 46.3 Å². The zero-order valence-corrected chi connectivity index (χ0v) is 12.8. The van der Waals surface area contributed by atoms with E-state index < -0.39 is 11.6 Å². The van der Waals surface area contributed by atoms with Crippen molar-refractivity contribution in [2.45, 2.75) is 0 Å². The van der Waals surface area contributed by atoms with E-state index in [1.165, 1.54) is 21.3 Å². The topological polar surface area (TPSA) is 75.0 Å². The molecule has 6 nitrogen and oxygen atoms in total. The summed E-state index contributed by atoms with van der Waals surface area (Å²) in [4.78, 5) is 24.3. The molecule has 0 aliphatic rings. The Morgan fingerprint density at radius 2 is 1.70 bits per heavy atom. The molecule has 0 aliphatic heterocycles. The van der Waals surface area contributed by atoms with Crippen LogP contribution in [0.2, 0.25) is 0 Å². The van der Waals surface area contributed by atoms with Crippen LogP contribution in [-0.2, 0) is 4.74 Å². The number of carbonyl (C=O) groups is 1. The minimum atomic E-state index is -0.641. The average molecular weight is 314 g/mol. The van der Waals surface area contributed by atoms with Gasteiger partial charge in [0.15, 0.2) is 5.58 Å². The zero-order chi connectivity index (χ0) is 16.6. The monoisotopic (exact) mass is 314 g/mol. The lowest BCUT2D eigenvalue weighted by atomic mass is 10.0. The molecule has 1 heterocycles. The van der Waals surface area contributed by atoms with Crippen molar-refractivity contribution in [2.24, 2.45) is 0 Å². The molecule has 1 aromatic heterocycles. The molecule has 0 radical (unpaired) electrons. The Bertz CT molecular complexity index is 970. The van der Waals surface area contributed by atoms with Crippen LogP contribution in [0, 0.1) is 0 Å². The molecule has 0 atom stereocenters. The molecule has 0 fully saturated rings. The Morgan fingerprint density at radius 1 is 0.957 bits per heavy atom. The van der Waals surface area contributed by atoms with Crippen molar-refractivity contribution in [3.63, 3.8) is 0 Å². The van der Waals surface area contributed by atoms with Gasteiger partial charge in [-0.2, -0.15) is 0 Å². The molecule has 23 heavy (non-hydrogen) atoms. The summed E-state index contributed by atoms with van der Waals surface area (Å²) in [6.45, 7) is 0. The summed E-state index contributed by atoms with van der Waals surface area (Å²) in [6.07, 6.45) is 0. The third-order valence-electron chi connectivity index (χ3n) is 3.66. The molecule has 3 aromatic rings. The predicted octanol–water partition coefficient (Wildman–Crippen LogP) is 2.75. The number of rotatable bonds is 3. The molecule has 2 aromatic carbocycles. The molecule has 0 saturated heterocycles. The highest BCUT2D eigenvalue weighted by Crippen LogP contribution is 2.33. The minimum Gasteiger partial charge on any atom is -0.497 e. The predicted molar refractivity (Wildman–Crippen MR) is 84.4 cm³/mol. The normalized spacial score (nSPS) is 10.7. The van der Waals surface area contributed by atoms with E-state index >= 15 is 0 Å². The Balaban J connectivity index is 2.52. The van der Waals surface area contributed by atoms with E-state index in [4.69, 9.17) is 18.6 Å². The van der Waals surface area contributed by atoms with Crippen molar-refractivity contribution in [1.82, 2.24) is 0 Å². The Labute approximate surface area is 131 Å². The molecule has 6 heteroatoms. The summed E-state index contributed by atoms with van der Waals surface area (Å²) in [5.41, 5.74) is -0.343. The molecule has 0 N–H and O–H groups in total. The molecule has 0 bridgehead atoms. The van der Waals surface area contributed by atoms with Gasteiger partial charge in [-0.05, 0) is 30.3 Å². The maximum absolute atomic E-state index is 12.3. The first-order chi connectivity index (χ1) is 11.1. The van der Waals surface area contributed by atoms with Crippen LogP contribution in [-0.4, -0.2) is 27.3 Å². The molecule has 0 spiro atoms. The average Bonchev–Trinajstić information content (AvgIpc) is 2.59. The third-order valence-corrected chi connectivity index (χ3v) is 3.66. The molecular formula is C17H14O6. The smallest absolute Gasteiger partial charge is 0.345 e. The van der Waals surface area contributed by atoms with E-state index in [1.807, 2.05) is 0 Å². The minimum absolute atomic E-state index is 0.0781. The number of hydrogen-bond donors (Lipinski definition) is 0. The van der Waals surface area contributed by atoms with Gasteiger partial charge in [-0.25, -0.2) is 9.59 Å². The first-order valence-electron chi connectivity index (χ1n) is 6.80. The van der Waals surface area contributed by atoms with Crippen LogP contribution in [0.1, 0.15) is 10.4 Å². The van der Waals surface area contributed by atoms with E-state index in [0.717, 1.165) is 0 Å². The summed E-state index contributed by atoms with van der Waals surface area (Å²) < 4.78 is 20.5. The molecule has 118 valence electrons. The lowest BCUT2D eigenvalue weighted by Crippen LogP contribution is -2.08. The van der Waals surface area contributed by atoms with E-state index in [1.54, 1.807) is 30.3 Å². The summed E-state index contributed by atoms with van der Waals surface area (Å²) in [5.74, 6) is 0.229. The standard InChI is InChI=1S/C17H14O6/c1-20-9-4-5-11-12(8-9)10-6-7-13(21-2)14(17(19)22-3)15(10)23-16(11)18/h4-8H,1-3H3. The van der Waals surface area contributed by atoms with Gasteiger partial charge in [0.1, 0.15) is 17.1 Å². The largest absolute Gasteiger partial charge is 0.497 e. The highest BCUT2D eigenvalue weighted by Gasteiger charge is 2.21. The van der Waals surface area contributed by atoms with Gasteiger partial charge in [0.05, 0.1) is 26.7 Å². The highest BCUT2D eigenvalue weighted by atomic mass is 16.5. The van der Waals surface area contributed by atoms with Gasteiger partial charge in [-0.3, -0.25) is 0 Å². The van der Waals surface area contributed by atoms with Crippen LogP contribution in [0.4, 0.5) is 0 Å². The Morgan fingerprint density at radius 3 is 2.35 bits per heavy atom. The molecule has 0 unspecified atom stereocenters. The summed E-state index contributed by atoms with van der Waals surface area (Å²) in [6, 6.07) is 8.39. The Kier molecular flexibility index (Phi) is 3.65. The van der Waals surface area contributed by atoms with Crippen molar-refractivity contribution >= 4 is 27.7 Å².